The Labute approximate surface area is 95.9 Å². The number of rotatable bonds is 5. The third-order valence-corrected chi connectivity index (χ3v) is 7.37. The quantitative estimate of drug-likeness (QED) is 0.707. The van der Waals surface area contributed by atoms with Crippen molar-refractivity contribution in [3.05, 3.63) is 0 Å². The first-order valence-corrected chi connectivity index (χ1v) is 8.45. The summed E-state index contributed by atoms with van der Waals surface area (Å²) in [5, 5.41) is -1.04. The summed E-state index contributed by atoms with van der Waals surface area (Å²) in [5.74, 6) is 0.00788. The lowest BCUT2D eigenvalue weighted by atomic mass is 10.3. The Kier molecular flexibility index (Phi) is 4.91. The predicted octanol–water partition coefficient (Wildman–Crippen LogP) is 1.43. The second-order valence-corrected chi connectivity index (χ2v) is 8.26. The second kappa shape index (κ2) is 5.58. The van der Waals surface area contributed by atoms with E-state index < -0.39 is 31.6 Å². The van der Waals surface area contributed by atoms with Crippen molar-refractivity contribution >= 4 is 26.2 Å². The van der Waals surface area contributed by atoms with E-state index in [-0.39, 0.29) is 12.2 Å². The summed E-state index contributed by atoms with van der Waals surface area (Å²) in [6, 6.07) is 0. The molecule has 1 heterocycles. The van der Waals surface area contributed by atoms with Crippen LogP contribution >= 0.6 is 16.4 Å². The SMILES string of the molecule is CO[P+](=O)N(C1CCCS1(=O)=O)[P+](=O)OC. The maximum absolute atomic E-state index is 11.6. The van der Waals surface area contributed by atoms with E-state index in [2.05, 4.69) is 9.05 Å². The summed E-state index contributed by atoms with van der Waals surface area (Å²) in [5.41, 5.74) is 0. The third kappa shape index (κ3) is 2.83. The van der Waals surface area contributed by atoms with Gasteiger partial charge in [-0.25, -0.2) is 8.42 Å². The molecule has 0 N–H and O–H groups in total. The van der Waals surface area contributed by atoms with Crippen molar-refractivity contribution in [3.63, 3.8) is 0 Å². The summed E-state index contributed by atoms with van der Waals surface area (Å²) in [4.78, 5) is 0. The molecular weight excluding hydrogens is 276 g/mol. The smallest absolute Gasteiger partial charge is 0.227 e. The largest absolute Gasteiger partial charge is 0.663 e. The number of nitrogens with zero attached hydrogens (tertiary/aromatic N) is 1. The Morgan fingerprint density at radius 1 is 1.19 bits per heavy atom. The van der Waals surface area contributed by atoms with Crippen LogP contribution in [-0.4, -0.2) is 38.2 Å². The van der Waals surface area contributed by atoms with Gasteiger partial charge in [-0.2, -0.15) is 0 Å². The minimum Gasteiger partial charge on any atom is -0.227 e. The Bertz CT molecular complexity index is 380. The molecule has 3 unspecified atom stereocenters. The van der Waals surface area contributed by atoms with Crippen LogP contribution in [-0.2, 0) is 28.0 Å². The summed E-state index contributed by atoms with van der Waals surface area (Å²) in [6.45, 7) is 0. The van der Waals surface area contributed by atoms with Crippen molar-refractivity contribution in [1.29, 1.82) is 0 Å². The summed E-state index contributed by atoms with van der Waals surface area (Å²) < 4.78 is 56.2. The average Bonchev–Trinajstić information content (AvgIpc) is 2.58. The fourth-order valence-electron chi connectivity index (χ4n) is 1.47. The fraction of sp³-hybridized carbons (Fsp3) is 1.00. The summed E-state index contributed by atoms with van der Waals surface area (Å²) in [6.07, 6.45) is 0.750. The van der Waals surface area contributed by atoms with E-state index >= 15 is 0 Å². The van der Waals surface area contributed by atoms with Crippen molar-refractivity contribution in [1.82, 2.24) is 4.44 Å². The molecule has 7 nitrogen and oxygen atoms in total. The van der Waals surface area contributed by atoms with E-state index in [1.165, 1.54) is 0 Å². The highest BCUT2D eigenvalue weighted by Gasteiger charge is 2.60. The molecule has 16 heavy (non-hydrogen) atoms. The summed E-state index contributed by atoms with van der Waals surface area (Å²) in [7, 11) is -6.00. The molecular formula is C6H13NO6P2S+2. The van der Waals surface area contributed by atoms with E-state index in [1.54, 1.807) is 0 Å². The van der Waals surface area contributed by atoms with E-state index in [0.29, 0.717) is 6.42 Å². The van der Waals surface area contributed by atoms with Gasteiger partial charge in [0.2, 0.25) is 5.37 Å². The third-order valence-electron chi connectivity index (χ3n) is 2.20. The van der Waals surface area contributed by atoms with Crippen molar-refractivity contribution in [2.24, 2.45) is 0 Å². The van der Waals surface area contributed by atoms with Gasteiger partial charge in [-0.05, 0) is 22.0 Å². The number of hydrogen-bond acceptors (Lipinski definition) is 6. The molecule has 0 spiro atoms. The molecule has 0 bridgehead atoms. The highest BCUT2D eigenvalue weighted by atomic mass is 32.2. The van der Waals surface area contributed by atoms with Crippen LogP contribution in [0.2, 0.25) is 0 Å². The maximum atomic E-state index is 11.6. The predicted molar refractivity (Wildman–Crippen MR) is 57.9 cm³/mol. The van der Waals surface area contributed by atoms with Gasteiger partial charge in [0.1, 0.15) is 0 Å². The minimum absolute atomic E-state index is 0.00788. The zero-order valence-corrected chi connectivity index (χ0v) is 11.5. The first-order chi connectivity index (χ1) is 7.44. The molecule has 10 heteroatoms. The van der Waals surface area contributed by atoms with Crippen LogP contribution in [0.25, 0.3) is 0 Å². The zero-order valence-electron chi connectivity index (χ0n) is 8.90. The Balaban J connectivity index is 3.02. The number of hydrogen-bond donors (Lipinski definition) is 0. The Morgan fingerprint density at radius 3 is 2.00 bits per heavy atom. The number of sulfone groups is 1. The summed E-state index contributed by atoms with van der Waals surface area (Å²) >= 11 is 0. The standard InChI is InChI=1S/C6H13NO6P2S/c1-12-14(8)7(15(9)13-2)6-4-3-5-16(6,10)11/h6H,3-5H2,1-2H3/q+2. The van der Waals surface area contributed by atoms with Gasteiger partial charge in [0.25, 0.3) is 0 Å². The molecule has 92 valence electrons. The van der Waals surface area contributed by atoms with Crippen LogP contribution in [0.1, 0.15) is 12.8 Å². The average molecular weight is 289 g/mol. The van der Waals surface area contributed by atoms with Crippen LogP contribution in [0.5, 0.6) is 0 Å². The maximum Gasteiger partial charge on any atom is 0.663 e. The first-order valence-electron chi connectivity index (χ1n) is 4.47. The van der Waals surface area contributed by atoms with Crippen molar-refractivity contribution in [2.45, 2.75) is 18.2 Å². The van der Waals surface area contributed by atoms with E-state index in [0.717, 1.165) is 18.7 Å². The highest BCUT2D eigenvalue weighted by Crippen LogP contribution is 2.48. The van der Waals surface area contributed by atoms with Gasteiger partial charge in [-0.1, -0.05) is 0 Å². The molecule has 1 rings (SSSR count). The molecule has 1 aliphatic rings. The molecule has 0 radical (unpaired) electrons. The lowest BCUT2D eigenvalue weighted by Crippen LogP contribution is -2.29. The van der Waals surface area contributed by atoms with Crippen LogP contribution < -0.4 is 0 Å². The molecule has 3 atom stereocenters. The van der Waals surface area contributed by atoms with Crippen LogP contribution in [0, 0.1) is 0 Å². The van der Waals surface area contributed by atoms with Crippen LogP contribution in [0.15, 0.2) is 0 Å². The molecule has 0 aromatic carbocycles. The van der Waals surface area contributed by atoms with Crippen molar-refractivity contribution in [2.75, 3.05) is 20.0 Å². The molecule has 0 aromatic rings. The fourth-order valence-corrected chi connectivity index (χ4v) is 6.35. The zero-order chi connectivity index (χ0) is 12.3. The normalized spacial score (nSPS) is 25.8. The van der Waals surface area contributed by atoms with E-state index in [1.807, 2.05) is 0 Å². The van der Waals surface area contributed by atoms with Gasteiger partial charge < -0.3 is 0 Å². The topological polar surface area (TPSA) is 90.0 Å². The Morgan fingerprint density at radius 2 is 1.69 bits per heavy atom. The van der Waals surface area contributed by atoms with Gasteiger partial charge in [0.05, 0.1) is 20.0 Å². The minimum atomic E-state index is -3.40. The van der Waals surface area contributed by atoms with Crippen molar-refractivity contribution < 1.29 is 26.6 Å². The molecule has 0 saturated carbocycles. The molecule has 1 aliphatic heterocycles. The van der Waals surface area contributed by atoms with E-state index in [4.69, 9.17) is 0 Å². The molecule has 1 saturated heterocycles. The lowest BCUT2D eigenvalue weighted by molar-refractivity contribution is 0.332. The monoisotopic (exact) mass is 289 g/mol. The van der Waals surface area contributed by atoms with Gasteiger partial charge in [0, 0.05) is 0 Å². The lowest BCUT2D eigenvalue weighted by Gasteiger charge is -2.04. The van der Waals surface area contributed by atoms with Gasteiger partial charge in [0.15, 0.2) is 14.3 Å². The van der Waals surface area contributed by atoms with Gasteiger partial charge in [-0.3, -0.25) is 0 Å². The van der Waals surface area contributed by atoms with Crippen LogP contribution in [0.4, 0.5) is 0 Å². The van der Waals surface area contributed by atoms with Crippen molar-refractivity contribution in [3.8, 4) is 0 Å². The van der Waals surface area contributed by atoms with E-state index in [9.17, 15) is 17.5 Å². The van der Waals surface area contributed by atoms with Crippen LogP contribution in [0.3, 0.4) is 0 Å². The van der Waals surface area contributed by atoms with Gasteiger partial charge >= 0.3 is 16.4 Å². The highest BCUT2D eigenvalue weighted by molar-refractivity contribution is 7.92. The Hall–Kier alpha value is 0.0300. The molecule has 0 aromatic heterocycles. The first kappa shape index (κ1) is 14.1. The van der Waals surface area contributed by atoms with Gasteiger partial charge in [-0.15, -0.1) is 9.05 Å². The molecule has 0 amide bonds. The molecule has 1 fully saturated rings. The molecule has 0 aliphatic carbocycles. The second-order valence-electron chi connectivity index (χ2n) is 3.13.